The first kappa shape index (κ1) is 19.3. The topological polar surface area (TPSA) is 0 Å². The van der Waals surface area contributed by atoms with E-state index in [1.807, 2.05) is 0 Å². The highest BCUT2D eigenvalue weighted by Crippen LogP contribution is 2.26. The molecule has 1 rings (SSSR count). The van der Waals surface area contributed by atoms with Crippen LogP contribution in [0.1, 0.15) is 93.4 Å². The van der Waals surface area contributed by atoms with Gasteiger partial charge in [0.25, 0.3) is 0 Å². The predicted molar refractivity (Wildman–Crippen MR) is 82.5 cm³/mol. The fraction of sp³-hybridized carbons (Fsp3) is 1.00. The second kappa shape index (κ2) is 12.5. The van der Waals surface area contributed by atoms with E-state index in [2.05, 4.69) is 34.6 Å². The van der Waals surface area contributed by atoms with Crippen molar-refractivity contribution < 1.29 is 0 Å². The molecule has 17 heavy (non-hydrogen) atoms. The van der Waals surface area contributed by atoms with Crippen molar-refractivity contribution in [3.8, 4) is 0 Å². The van der Waals surface area contributed by atoms with E-state index in [-0.39, 0.29) is 7.43 Å². The molecule has 0 aromatic carbocycles. The van der Waals surface area contributed by atoms with Gasteiger partial charge in [0.05, 0.1) is 0 Å². The Kier molecular flexibility index (Phi) is 14.2. The third-order valence-electron chi connectivity index (χ3n) is 4.20. The summed E-state index contributed by atoms with van der Waals surface area (Å²) in [5.41, 5.74) is 0. The Labute approximate surface area is 112 Å². The van der Waals surface area contributed by atoms with Crippen molar-refractivity contribution >= 4 is 0 Å². The van der Waals surface area contributed by atoms with E-state index in [9.17, 15) is 0 Å². The van der Waals surface area contributed by atoms with Crippen LogP contribution < -0.4 is 0 Å². The van der Waals surface area contributed by atoms with Gasteiger partial charge in [0.15, 0.2) is 0 Å². The molecule has 1 unspecified atom stereocenters. The summed E-state index contributed by atoms with van der Waals surface area (Å²) in [4.78, 5) is 0. The second-order valence-electron chi connectivity index (χ2n) is 5.92. The number of unbranched alkanes of at least 4 members (excludes halogenated alkanes) is 1. The molecule has 0 aromatic heterocycles. The van der Waals surface area contributed by atoms with E-state index in [1.165, 1.54) is 51.4 Å². The second-order valence-corrected chi connectivity index (χ2v) is 5.92. The summed E-state index contributed by atoms with van der Waals surface area (Å²) < 4.78 is 0. The van der Waals surface area contributed by atoms with Gasteiger partial charge in [0.2, 0.25) is 0 Å². The van der Waals surface area contributed by atoms with Gasteiger partial charge < -0.3 is 0 Å². The van der Waals surface area contributed by atoms with Gasteiger partial charge in [0, 0.05) is 0 Å². The highest BCUT2D eigenvalue weighted by atomic mass is 14.2. The van der Waals surface area contributed by atoms with E-state index in [4.69, 9.17) is 0 Å². The van der Waals surface area contributed by atoms with Crippen molar-refractivity contribution in [2.45, 2.75) is 93.4 Å². The van der Waals surface area contributed by atoms with Gasteiger partial charge in [-0.25, -0.2) is 0 Å². The molecular weight excluding hydrogens is 204 g/mol. The summed E-state index contributed by atoms with van der Waals surface area (Å²) >= 11 is 0. The Morgan fingerprint density at radius 1 is 1.00 bits per heavy atom. The molecule has 0 spiro atoms. The highest BCUT2D eigenvalue weighted by Gasteiger charge is 2.11. The van der Waals surface area contributed by atoms with E-state index in [0.717, 1.165) is 17.8 Å². The standard InChI is InChI=1S/C9H20.C7H14.CH4/c1-5-6-7-9(4)8(2)3;1-2-7-5-3-4-6-7;/h8-9H,5-7H2,1-4H3;7H,2-6H2,1H3;1H4. The maximum absolute atomic E-state index is 2.35. The largest absolute Gasteiger partial charge is 0.0776 e. The smallest absolute Gasteiger partial charge is 0.0417 e. The van der Waals surface area contributed by atoms with Crippen molar-refractivity contribution in [2.75, 3.05) is 0 Å². The van der Waals surface area contributed by atoms with Crippen LogP contribution in [0.3, 0.4) is 0 Å². The van der Waals surface area contributed by atoms with E-state index >= 15 is 0 Å². The lowest BCUT2D eigenvalue weighted by atomic mass is 9.93. The molecule has 0 heterocycles. The lowest BCUT2D eigenvalue weighted by Gasteiger charge is -2.13. The van der Waals surface area contributed by atoms with Crippen LogP contribution in [0.25, 0.3) is 0 Å². The number of rotatable bonds is 5. The molecular formula is C17H38. The molecule has 0 heteroatoms. The van der Waals surface area contributed by atoms with E-state index < -0.39 is 0 Å². The van der Waals surface area contributed by atoms with Crippen molar-refractivity contribution in [3.05, 3.63) is 0 Å². The quantitative estimate of drug-likeness (QED) is 0.503. The van der Waals surface area contributed by atoms with Crippen molar-refractivity contribution in [1.82, 2.24) is 0 Å². The van der Waals surface area contributed by atoms with Crippen molar-refractivity contribution in [2.24, 2.45) is 17.8 Å². The predicted octanol–water partition coefficient (Wildman–Crippen LogP) is 6.69. The van der Waals surface area contributed by atoms with Crippen LogP contribution in [0.5, 0.6) is 0 Å². The van der Waals surface area contributed by atoms with E-state index in [1.54, 1.807) is 0 Å². The van der Waals surface area contributed by atoms with Crippen LogP contribution in [0, 0.1) is 17.8 Å². The summed E-state index contributed by atoms with van der Waals surface area (Å²) in [6.07, 6.45) is 11.6. The van der Waals surface area contributed by atoms with Gasteiger partial charge in [0.1, 0.15) is 0 Å². The van der Waals surface area contributed by atoms with Crippen molar-refractivity contribution in [1.29, 1.82) is 0 Å². The van der Waals surface area contributed by atoms with Crippen LogP contribution in [-0.4, -0.2) is 0 Å². The molecule has 1 atom stereocenters. The molecule has 106 valence electrons. The Bertz CT molecular complexity index is 131. The fourth-order valence-corrected chi connectivity index (χ4v) is 2.28. The summed E-state index contributed by atoms with van der Waals surface area (Å²) in [6, 6.07) is 0. The first-order valence-corrected chi connectivity index (χ1v) is 7.61. The lowest BCUT2D eigenvalue weighted by Crippen LogP contribution is -2.02. The van der Waals surface area contributed by atoms with Gasteiger partial charge in [-0.1, -0.05) is 93.4 Å². The first-order valence-electron chi connectivity index (χ1n) is 7.61. The highest BCUT2D eigenvalue weighted by molar-refractivity contribution is 4.64. The maximum atomic E-state index is 2.35. The van der Waals surface area contributed by atoms with Gasteiger partial charge in [-0.05, 0) is 17.8 Å². The molecule has 0 aromatic rings. The van der Waals surface area contributed by atoms with Crippen LogP contribution in [0.4, 0.5) is 0 Å². The fourth-order valence-electron chi connectivity index (χ4n) is 2.28. The summed E-state index contributed by atoms with van der Waals surface area (Å²) in [5.74, 6) is 2.89. The Morgan fingerprint density at radius 3 is 1.82 bits per heavy atom. The van der Waals surface area contributed by atoms with Gasteiger partial charge >= 0.3 is 0 Å². The monoisotopic (exact) mass is 242 g/mol. The first-order chi connectivity index (χ1) is 7.61. The minimum Gasteiger partial charge on any atom is -0.0776 e. The molecule has 0 aliphatic heterocycles. The molecule has 0 saturated heterocycles. The minimum atomic E-state index is 0. The third kappa shape index (κ3) is 10.9. The molecule has 1 aliphatic carbocycles. The van der Waals surface area contributed by atoms with Crippen LogP contribution in [0.15, 0.2) is 0 Å². The average Bonchev–Trinajstić information content (AvgIpc) is 2.79. The minimum absolute atomic E-state index is 0. The summed E-state index contributed by atoms with van der Waals surface area (Å²) in [7, 11) is 0. The van der Waals surface area contributed by atoms with Gasteiger partial charge in [-0.2, -0.15) is 0 Å². The maximum Gasteiger partial charge on any atom is -0.0417 e. The van der Waals surface area contributed by atoms with Gasteiger partial charge in [-0.15, -0.1) is 0 Å². The average molecular weight is 242 g/mol. The Balaban J connectivity index is 0. The molecule has 0 bridgehead atoms. The lowest BCUT2D eigenvalue weighted by molar-refractivity contribution is 0.381. The molecule has 0 amide bonds. The third-order valence-corrected chi connectivity index (χ3v) is 4.20. The molecule has 0 nitrogen and oxygen atoms in total. The zero-order chi connectivity index (χ0) is 12.4. The Hall–Kier alpha value is 0. The van der Waals surface area contributed by atoms with Crippen LogP contribution in [0.2, 0.25) is 0 Å². The molecule has 1 saturated carbocycles. The van der Waals surface area contributed by atoms with E-state index in [0.29, 0.717) is 0 Å². The van der Waals surface area contributed by atoms with Crippen LogP contribution in [-0.2, 0) is 0 Å². The number of hydrogen-bond donors (Lipinski definition) is 0. The molecule has 0 N–H and O–H groups in total. The molecule has 1 aliphatic rings. The summed E-state index contributed by atoms with van der Waals surface area (Å²) in [6.45, 7) is 11.5. The van der Waals surface area contributed by atoms with Crippen molar-refractivity contribution in [3.63, 3.8) is 0 Å². The molecule has 1 fully saturated rings. The molecule has 0 radical (unpaired) electrons. The Morgan fingerprint density at radius 2 is 1.53 bits per heavy atom. The van der Waals surface area contributed by atoms with Crippen LogP contribution >= 0.6 is 0 Å². The zero-order valence-electron chi connectivity index (χ0n) is 12.4. The SMILES string of the molecule is C.CCC1CCCC1.CCCCC(C)C(C)C. The summed E-state index contributed by atoms with van der Waals surface area (Å²) in [5, 5.41) is 0. The number of hydrogen-bond acceptors (Lipinski definition) is 0. The normalized spacial score (nSPS) is 17.3. The zero-order valence-corrected chi connectivity index (χ0v) is 12.4. The van der Waals surface area contributed by atoms with Gasteiger partial charge in [-0.3, -0.25) is 0 Å².